The summed E-state index contributed by atoms with van der Waals surface area (Å²) in [7, 11) is -4.22. The van der Waals surface area contributed by atoms with Gasteiger partial charge in [-0.2, -0.15) is 0 Å². The summed E-state index contributed by atoms with van der Waals surface area (Å²) in [6, 6.07) is 0. The molecular weight excluding hydrogens is 371 g/mol. The quantitative estimate of drug-likeness (QED) is 0.200. The minimum absolute atomic E-state index is 0. The molecule has 0 saturated carbocycles. The molecule has 0 aromatic heterocycles. The monoisotopic (exact) mass is 414 g/mol. The van der Waals surface area contributed by atoms with E-state index < -0.39 is 15.4 Å². The Balaban J connectivity index is 0. The predicted octanol–water partition coefficient (Wildman–Crippen LogP) is 2.94. The molecule has 2 unspecified atom stereocenters. The largest absolute Gasteiger partial charge is 1.00 e. The maximum absolute atomic E-state index is 11.4. The third-order valence-corrected chi connectivity index (χ3v) is 6.53. The SMILES string of the molecule is CCCCCCCCCC(O)CCCC(CCCCCCC)S(=O)(=O)[O-].[Na+]. The maximum Gasteiger partial charge on any atom is 1.00 e. The molecule has 4 nitrogen and oxygen atoms in total. The van der Waals surface area contributed by atoms with Crippen LogP contribution in [0.25, 0.3) is 0 Å². The van der Waals surface area contributed by atoms with E-state index in [9.17, 15) is 18.1 Å². The summed E-state index contributed by atoms with van der Waals surface area (Å²) < 4.78 is 34.3. The van der Waals surface area contributed by atoms with Crippen molar-refractivity contribution in [2.75, 3.05) is 0 Å². The van der Waals surface area contributed by atoms with Crippen molar-refractivity contribution in [1.29, 1.82) is 0 Å². The first-order chi connectivity index (χ1) is 12.4. The summed E-state index contributed by atoms with van der Waals surface area (Å²) in [6.07, 6.45) is 16.4. The molecule has 0 radical (unpaired) electrons. The Morgan fingerprint density at radius 1 is 0.667 bits per heavy atom. The number of hydrogen-bond acceptors (Lipinski definition) is 4. The Labute approximate surface area is 191 Å². The van der Waals surface area contributed by atoms with Gasteiger partial charge in [0.05, 0.1) is 16.2 Å². The zero-order chi connectivity index (χ0) is 19.7. The number of aliphatic hydroxyl groups excluding tert-OH is 1. The van der Waals surface area contributed by atoms with Gasteiger partial charge in [0.25, 0.3) is 0 Å². The van der Waals surface area contributed by atoms with Gasteiger partial charge < -0.3 is 9.66 Å². The Morgan fingerprint density at radius 2 is 1.04 bits per heavy atom. The van der Waals surface area contributed by atoms with Gasteiger partial charge in [0, 0.05) is 5.25 Å². The third kappa shape index (κ3) is 19.9. The van der Waals surface area contributed by atoms with Crippen LogP contribution in [0.2, 0.25) is 0 Å². The molecule has 6 heteroatoms. The molecule has 0 aromatic rings. The molecule has 0 saturated heterocycles. The van der Waals surface area contributed by atoms with Crippen molar-refractivity contribution in [3.8, 4) is 0 Å². The van der Waals surface area contributed by atoms with E-state index in [4.69, 9.17) is 0 Å². The summed E-state index contributed by atoms with van der Waals surface area (Å²) in [5.41, 5.74) is 0. The molecule has 27 heavy (non-hydrogen) atoms. The first kappa shape index (κ1) is 30.1. The second-order valence-electron chi connectivity index (χ2n) is 7.81. The van der Waals surface area contributed by atoms with Crippen LogP contribution in [0.3, 0.4) is 0 Å². The molecule has 0 fully saturated rings. The van der Waals surface area contributed by atoms with E-state index in [1.54, 1.807) is 0 Å². The predicted molar refractivity (Wildman–Crippen MR) is 109 cm³/mol. The molecule has 0 amide bonds. The molecule has 0 heterocycles. The van der Waals surface area contributed by atoms with Gasteiger partial charge in [-0.15, -0.1) is 0 Å². The summed E-state index contributed by atoms with van der Waals surface area (Å²) >= 11 is 0. The van der Waals surface area contributed by atoms with E-state index in [0.717, 1.165) is 44.9 Å². The fourth-order valence-corrected chi connectivity index (χ4v) is 4.38. The van der Waals surface area contributed by atoms with E-state index in [2.05, 4.69) is 13.8 Å². The van der Waals surface area contributed by atoms with E-state index in [1.807, 2.05) is 0 Å². The minimum Gasteiger partial charge on any atom is -0.748 e. The topological polar surface area (TPSA) is 77.4 Å². The Hall–Kier alpha value is 0.870. The van der Waals surface area contributed by atoms with E-state index in [1.165, 1.54) is 38.5 Å². The summed E-state index contributed by atoms with van der Waals surface area (Å²) in [4.78, 5) is 0. The fourth-order valence-electron chi connectivity index (χ4n) is 3.47. The van der Waals surface area contributed by atoms with Crippen LogP contribution in [0.1, 0.15) is 123 Å². The molecule has 0 rings (SSSR count). The Bertz CT molecular complexity index is 401. The van der Waals surface area contributed by atoms with Crippen molar-refractivity contribution in [1.82, 2.24) is 0 Å². The van der Waals surface area contributed by atoms with Crippen molar-refractivity contribution in [2.24, 2.45) is 0 Å². The Kier molecular flexibility index (Phi) is 22.4. The average molecular weight is 415 g/mol. The van der Waals surface area contributed by atoms with Crippen LogP contribution in [0.5, 0.6) is 0 Å². The van der Waals surface area contributed by atoms with Crippen molar-refractivity contribution in [3.05, 3.63) is 0 Å². The second kappa shape index (κ2) is 20.2. The molecule has 0 bridgehead atoms. The normalized spacial score (nSPS) is 13.9. The first-order valence-electron chi connectivity index (χ1n) is 11.0. The van der Waals surface area contributed by atoms with Gasteiger partial charge in [-0.1, -0.05) is 90.9 Å². The molecular formula is C21H43NaO4S. The second-order valence-corrected chi connectivity index (χ2v) is 9.46. The number of rotatable bonds is 19. The van der Waals surface area contributed by atoms with E-state index in [0.29, 0.717) is 25.7 Å². The van der Waals surface area contributed by atoms with Crippen LogP contribution >= 0.6 is 0 Å². The van der Waals surface area contributed by atoms with Gasteiger partial charge in [0.15, 0.2) is 0 Å². The number of aliphatic hydroxyl groups is 1. The zero-order valence-corrected chi connectivity index (χ0v) is 21.1. The van der Waals surface area contributed by atoms with Gasteiger partial charge in [0.2, 0.25) is 0 Å². The van der Waals surface area contributed by atoms with Gasteiger partial charge in [0.1, 0.15) is 0 Å². The summed E-state index contributed by atoms with van der Waals surface area (Å²) in [6.45, 7) is 4.36. The summed E-state index contributed by atoms with van der Waals surface area (Å²) in [5.74, 6) is 0. The third-order valence-electron chi connectivity index (χ3n) is 5.24. The first-order valence-corrected chi connectivity index (χ1v) is 12.5. The van der Waals surface area contributed by atoms with E-state index in [-0.39, 0.29) is 35.7 Å². The molecule has 0 spiro atoms. The maximum atomic E-state index is 11.4. The van der Waals surface area contributed by atoms with Crippen LogP contribution in [0, 0.1) is 0 Å². The van der Waals surface area contributed by atoms with Crippen LogP contribution in [0.4, 0.5) is 0 Å². The van der Waals surface area contributed by atoms with Crippen LogP contribution < -0.4 is 29.6 Å². The average Bonchev–Trinajstić information content (AvgIpc) is 2.58. The molecule has 2 atom stereocenters. The van der Waals surface area contributed by atoms with Gasteiger partial charge in [-0.25, -0.2) is 8.42 Å². The minimum atomic E-state index is -4.22. The van der Waals surface area contributed by atoms with Gasteiger partial charge >= 0.3 is 29.6 Å². The van der Waals surface area contributed by atoms with Crippen molar-refractivity contribution < 1.29 is 47.6 Å². The van der Waals surface area contributed by atoms with Crippen molar-refractivity contribution in [3.63, 3.8) is 0 Å². The summed E-state index contributed by atoms with van der Waals surface area (Å²) in [5, 5.41) is 9.28. The number of unbranched alkanes of at least 4 members (excludes halogenated alkanes) is 10. The van der Waals surface area contributed by atoms with Crippen LogP contribution in [-0.4, -0.2) is 29.4 Å². The zero-order valence-electron chi connectivity index (χ0n) is 18.3. The number of hydrogen-bond donors (Lipinski definition) is 1. The smallest absolute Gasteiger partial charge is 0.748 e. The van der Waals surface area contributed by atoms with Crippen molar-refractivity contribution >= 4 is 10.1 Å². The molecule has 1 N–H and O–H groups in total. The molecule has 0 aromatic carbocycles. The molecule has 0 aliphatic heterocycles. The van der Waals surface area contributed by atoms with Crippen LogP contribution in [0.15, 0.2) is 0 Å². The molecule has 0 aliphatic carbocycles. The van der Waals surface area contributed by atoms with Crippen molar-refractivity contribution in [2.45, 2.75) is 134 Å². The molecule has 0 aliphatic rings. The Morgan fingerprint density at radius 3 is 1.52 bits per heavy atom. The fraction of sp³-hybridized carbons (Fsp3) is 1.00. The van der Waals surface area contributed by atoms with Crippen LogP contribution in [-0.2, 0) is 10.1 Å². The van der Waals surface area contributed by atoms with E-state index >= 15 is 0 Å². The van der Waals surface area contributed by atoms with Gasteiger partial charge in [-0.05, 0) is 32.1 Å². The molecule has 158 valence electrons. The van der Waals surface area contributed by atoms with Gasteiger partial charge in [-0.3, -0.25) is 0 Å². The standard InChI is InChI=1S/C21H44O4S.Na/c1-3-5-7-9-10-12-13-16-20(22)17-15-19-21(26(23,24)25)18-14-11-8-6-4-2;/h20-22H,3-19H2,1-2H3,(H,23,24,25);/q;+1/p-1.